The third-order valence-electron chi connectivity index (χ3n) is 2.85. The molecule has 0 spiro atoms. The van der Waals surface area contributed by atoms with Gasteiger partial charge in [0.1, 0.15) is 11.5 Å². The highest BCUT2D eigenvalue weighted by molar-refractivity contribution is 5.37. The van der Waals surface area contributed by atoms with Crippen LogP contribution in [0, 0.1) is 0 Å². The van der Waals surface area contributed by atoms with E-state index in [0.29, 0.717) is 6.42 Å². The van der Waals surface area contributed by atoms with Crippen molar-refractivity contribution in [3.63, 3.8) is 0 Å². The molecule has 0 amide bonds. The summed E-state index contributed by atoms with van der Waals surface area (Å²) >= 11 is 0. The highest BCUT2D eigenvalue weighted by atomic mass is 16.5. The Hall–Kier alpha value is -1.74. The van der Waals surface area contributed by atoms with Crippen LogP contribution in [0.25, 0.3) is 0 Å². The third-order valence-corrected chi connectivity index (χ3v) is 2.85. The standard InChI is InChI=1S/C13H12O3/c14-10-8-13(12-6-3-7-15-12)16-11-5-2-1-4-9(10)11/h1-7,10,13-14H,8H2. The van der Waals surface area contributed by atoms with Crippen molar-refractivity contribution in [1.29, 1.82) is 0 Å². The van der Waals surface area contributed by atoms with E-state index >= 15 is 0 Å². The first kappa shape index (κ1) is 9.48. The summed E-state index contributed by atoms with van der Waals surface area (Å²) in [5.41, 5.74) is 0.852. The summed E-state index contributed by atoms with van der Waals surface area (Å²) in [5.74, 6) is 1.50. The Balaban J connectivity index is 1.95. The Morgan fingerprint density at radius 2 is 2.00 bits per heavy atom. The molecule has 16 heavy (non-hydrogen) atoms. The molecule has 0 aliphatic carbocycles. The lowest BCUT2D eigenvalue weighted by Gasteiger charge is -2.28. The average Bonchev–Trinajstić information content (AvgIpc) is 2.82. The Morgan fingerprint density at radius 1 is 1.12 bits per heavy atom. The molecule has 2 atom stereocenters. The molecule has 3 nitrogen and oxygen atoms in total. The minimum atomic E-state index is -0.486. The van der Waals surface area contributed by atoms with Crippen LogP contribution < -0.4 is 4.74 Å². The van der Waals surface area contributed by atoms with Gasteiger partial charge in [-0.05, 0) is 18.2 Å². The molecule has 1 aliphatic heterocycles. The zero-order valence-corrected chi connectivity index (χ0v) is 8.67. The van der Waals surface area contributed by atoms with Crippen LogP contribution in [-0.4, -0.2) is 5.11 Å². The molecule has 0 saturated carbocycles. The Labute approximate surface area is 93.3 Å². The molecule has 2 unspecified atom stereocenters. The predicted molar refractivity (Wildman–Crippen MR) is 58.1 cm³/mol. The van der Waals surface area contributed by atoms with Gasteiger partial charge >= 0.3 is 0 Å². The summed E-state index contributed by atoms with van der Waals surface area (Å²) in [6.07, 6.45) is 1.47. The van der Waals surface area contributed by atoms with Crippen LogP contribution >= 0.6 is 0 Å². The average molecular weight is 216 g/mol. The van der Waals surface area contributed by atoms with Crippen molar-refractivity contribution >= 4 is 0 Å². The Bertz CT molecular complexity index is 476. The van der Waals surface area contributed by atoms with Crippen molar-refractivity contribution in [2.45, 2.75) is 18.6 Å². The first-order valence-corrected chi connectivity index (χ1v) is 5.31. The van der Waals surface area contributed by atoms with Crippen LogP contribution in [0.5, 0.6) is 5.75 Å². The third kappa shape index (κ3) is 1.49. The van der Waals surface area contributed by atoms with Gasteiger partial charge in [0.2, 0.25) is 0 Å². The van der Waals surface area contributed by atoms with Crippen LogP contribution in [0.4, 0.5) is 0 Å². The van der Waals surface area contributed by atoms with Crippen molar-refractivity contribution in [3.05, 3.63) is 54.0 Å². The van der Waals surface area contributed by atoms with Crippen molar-refractivity contribution in [2.24, 2.45) is 0 Å². The summed E-state index contributed by atoms with van der Waals surface area (Å²) in [5, 5.41) is 10.0. The first-order valence-electron chi connectivity index (χ1n) is 5.31. The van der Waals surface area contributed by atoms with Crippen molar-refractivity contribution in [2.75, 3.05) is 0 Å². The topological polar surface area (TPSA) is 42.6 Å². The number of furan rings is 1. The molecular weight excluding hydrogens is 204 g/mol. The number of hydrogen-bond donors (Lipinski definition) is 1. The number of ether oxygens (including phenoxy) is 1. The minimum absolute atomic E-state index is 0.195. The number of aliphatic hydroxyl groups excluding tert-OH is 1. The van der Waals surface area contributed by atoms with Crippen molar-refractivity contribution in [3.8, 4) is 5.75 Å². The van der Waals surface area contributed by atoms with Crippen molar-refractivity contribution in [1.82, 2.24) is 0 Å². The molecule has 0 radical (unpaired) electrons. The molecule has 0 bridgehead atoms. The highest BCUT2D eigenvalue weighted by Gasteiger charge is 2.29. The number of rotatable bonds is 1. The second-order valence-electron chi connectivity index (χ2n) is 3.91. The van der Waals surface area contributed by atoms with E-state index < -0.39 is 6.10 Å². The van der Waals surface area contributed by atoms with Gasteiger partial charge in [-0.25, -0.2) is 0 Å². The number of benzene rings is 1. The van der Waals surface area contributed by atoms with Gasteiger partial charge in [-0.3, -0.25) is 0 Å². The minimum Gasteiger partial charge on any atom is -0.482 e. The summed E-state index contributed by atoms with van der Waals surface area (Å²) in [6, 6.07) is 11.2. The van der Waals surface area contributed by atoms with Gasteiger partial charge in [0, 0.05) is 12.0 Å². The van der Waals surface area contributed by atoms with Crippen LogP contribution in [0.2, 0.25) is 0 Å². The van der Waals surface area contributed by atoms with Gasteiger partial charge in [-0.2, -0.15) is 0 Å². The zero-order valence-electron chi connectivity index (χ0n) is 8.67. The number of aliphatic hydroxyl groups is 1. The second-order valence-corrected chi connectivity index (χ2v) is 3.91. The molecule has 1 aliphatic rings. The lowest BCUT2D eigenvalue weighted by atomic mass is 9.98. The molecule has 3 heteroatoms. The van der Waals surface area contributed by atoms with Gasteiger partial charge in [0.05, 0.1) is 12.4 Å². The number of fused-ring (bicyclic) bond motifs is 1. The lowest BCUT2D eigenvalue weighted by Crippen LogP contribution is -2.18. The Kier molecular flexibility index (Phi) is 2.18. The fraction of sp³-hybridized carbons (Fsp3) is 0.231. The fourth-order valence-corrected chi connectivity index (χ4v) is 2.04. The van der Waals surface area contributed by atoms with E-state index in [-0.39, 0.29) is 6.10 Å². The van der Waals surface area contributed by atoms with Crippen molar-refractivity contribution < 1.29 is 14.3 Å². The first-order chi connectivity index (χ1) is 7.84. The van der Waals surface area contributed by atoms with E-state index in [0.717, 1.165) is 17.1 Å². The molecule has 1 N–H and O–H groups in total. The largest absolute Gasteiger partial charge is 0.482 e. The smallest absolute Gasteiger partial charge is 0.159 e. The van der Waals surface area contributed by atoms with Crippen LogP contribution in [0.15, 0.2) is 47.1 Å². The molecule has 1 aromatic heterocycles. The summed E-state index contributed by atoms with van der Waals surface area (Å²) in [6.45, 7) is 0. The van der Waals surface area contributed by atoms with E-state index in [4.69, 9.17) is 9.15 Å². The van der Waals surface area contributed by atoms with Gasteiger partial charge in [0.15, 0.2) is 6.10 Å². The maximum absolute atomic E-state index is 10.0. The summed E-state index contributed by atoms with van der Waals surface area (Å²) in [7, 11) is 0. The highest BCUT2D eigenvalue weighted by Crippen LogP contribution is 2.40. The van der Waals surface area contributed by atoms with E-state index in [9.17, 15) is 5.11 Å². The van der Waals surface area contributed by atoms with Crippen LogP contribution in [0.1, 0.15) is 30.0 Å². The number of hydrogen-bond acceptors (Lipinski definition) is 3. The quantitative estimate of drug-likeness (QED) is 0.797. The lowest BCUT2D eigenvalue weighted by molar-refractivity contribution is 0.0546. The number of para-hydroxylation sites is 1. The summed E-state index contributed by atoms with van der Waals surface area (Å²) in [4.78, 5) is 0. The van der Waals surface area contributed by atoms with Gasteiger partial charge in [0.25, 0.3) is 0 Å². The maximum Gasteiger partial charge on any atom is 0.159 e. The van der Waals surface area contributed by atoms with Crippen LogP contribution in [-0.2, 0) is 0 Å². The van der Waals surface area contributed by atoms with E-state index in [1.54, 1.807) is 6.26 Å². The molecule has 1 aromatic carbocycles. The summed E-state index contributed by atoms with van der Waals surface area (Å²) < 4.78 is 11.1. The van der Waals surface area contributed by atoms with Gasteiger partial charge in [-0.1, -0.05) is 18.2 Å². The Morgan fingerprint density at radius 3 is 2.81 bits per heavy atom. The molecule has 0 saturated heterocycles. The normalized spacial score (nSPS) is 23.6. The molecule has 3 rings (SSSR count). The molecule has 2 heterocycles. The van der Waals surface area contributed by atoms with Gasteiger partial charge < -0.3 is 14.3 Å². The molecule has 2 aromatic rings. The fourth-order valence-electron chi connectivity index (χ4n) is 2.04. The SMILES string of the molecule is OC1CC(c2ccco2)Oc2ccccc21. The van der Waals surface area contributed by atoms with Crippen LogP contribution in [0.3, 0.4) is 0 Å². The van der Waals surface area contributed by atoms with E-state index in [1.165, 1.54) is 0 Å². The zero-order chi connectivity index (χ0) is 11.0. The predicted octanol–water partition coefficient (Wildman–Crippen LogP) is 2.84. The molecular formula is C13H12O3. The maximum atomic E-state index is 10.0. The molecule has 0 fully saturated rings. The molecule has 82 valence electrons. The second kappa shape index (κ2) is 3.68. The monoisotopic (exact) mass is 216 g/mol. The van der Waals surface area contributed by atoms with E-state index in [2.05, 4.69) is 0 Å². The van der Waals surface area contributed by atoms with Gasteiger partial charge in [-0.15, -0.1) is 0 Å². The van der Waals surface area contributed by atoms with E-state index in [1.807, 2.05) is 36.4 Å².